The molecule has 0 aromatic carbocycles. The molecule has 5 nitrogen and oxygen atoms in total. The number of carboxylic acids is 1. The van der Waals surface area contributed by atoms with Gasteiger partial charge >= 0.3 is 11.9 Å². The Morgan fingerprint density at radius 3 is 2.07 bits per heavy atom. The second-order valence-electron chi connectivity index (χ2n) is 3.29. The summed E-state index contributed by atoms with van der Waals surface area (Å²) in [6, 6.07) is 0. The minimum atomic E-state index is -1.59. The fraction of sp³-hybridized carbons (Fsp3) is 0.700. The van der Waals surface area contributed by atoms with E-state index in [0.29, 0.717) is 6.42 Å². The van der Waals surface area contributed by atoms with E-state index in [4.69, 9.17) is 9.84 Å². The second-order valence-corrected chi connectivity index (χ2v) is 3.29. The standard InChI is InChI=1S/C10H16O5/c1-4-6(3)15-10(14)7(5-2)8(11)9(12)13/h6-7H,4-5H2,1-3H3,(H,12,13). The van der Waals surface area contributed by atoms with Crippen LogP contribution in [0.2, 0.25) is 0 Å². The van der Waals surface area contributed by atoms with Gasteiger partial charge in [-0.2, -0.15) is 0 Å². The number of aliphatic carboxylic acids is 1. The summed E-state index contributed by atoms with van der Waals surface area (Å²) < 4.78 is 4.90. The lowest BCUT2D eigenvalue weighted by Gasteiger charge is -2.15. The number of Topliss-reactive ketones (excluding diaryl/α,β-unsaturated/α-hetero) is 1. The van der Waals surface area contributed by atoms with Crippen molar-refractivity contribution in [1.82, 2.24) is 0 Å². The molecule has 0 aliphatic rings. The maximum absolute atomic E-state index is 11.4. The molecule has 0 fully saturated rings. The van der Waals surface area contributed by atoms with E-state index >= 15 is 0 Å². The number of carboxylic acid groups (broad SMARTS) is 1. The van der Waals surface area contributed by atoms with Gasteiger partial charge < -0.3 is 9.84 Å². The van der Waals surface area contributed by atoms with E-state index in [-0.39, 0.29) is 12.5 Å². The van der Waals surface area contributed by atoms with Crippen molar-refractivity contribution in [2.75, 3.05) is 0 Å². The third-order valence-electron chi connectivity index (χ3n) is 2.11. The molecule has 86 valence electrons. The van der Waals surface area contributed by atoms with Crippen LogP contribution in [-0.4, -0.2) is 28.9 Å². The molecule has 0 bridgehead atoms. The van der Waals surface area contributed by atoms with Gasteiger partial charge in [-0.15, -0.1) is 0 Å². The molecule has 0 saturated heterocycles. The summed E-state index contributed by atoms with van der Waals surface area (Å²) in [7, 11) is 0. The zero-order valence-electron chi connectivity index (χ0n) is 9.15. The highest BCUT2D eigenvalue weighted by molar-refractivity contribution is 6.37. The number of hydrogen-bond acceptors (Lipinski definition) is 4. The molecule has 0 heterocycles. The Morgan fingerprint density at radius 1 is 1.20 bits per heavy atom. The van der Waals surface area contributed by atoms with Gasteiger partial charge in [0, 0.05) is 0 Å². The smallest absolute Gasteiger partial charge is 0.373 e. The summed E-state index contributed by atoms with van der Waals surface area (Å²) in [4.78, 5) is 32.9. The van der Waals surface area contributed by atoms with Crippen molar-refractivity contribution in [3.63, 3.8) is 0 Å². The fourth-order valence-electron chi connectivity index (χ4n) is 0.972. The van der Waals surface area contributed by atoms with Crippen LogP contribution in [0.3, 0.4) is 0 Å². The first-order valence-electron chi connectivity index (χ1n) is 4.91. The van der Waals surface area contributed by atoms with E-state index in [2.05, 4.69) is 0 Å². The number of hydrogen-bond donors (Lipinski definition) is 1. The van der Waals surface area contributed by atoms with Crippen LogP contribution in [0.25, 0.3) is 0 Å². The average Bonchev–Trinajstić information content (AvgIpc) is 2.18. The highest BCUT2D eigenvalue weighted by atomic mass is 16.5. The van der Waals surface area contributed by atoms with Gasteiger partial charge in [0.25, 0.3) is 5.78 Å². The number of ether oxygens (including phenoxy) is 1. The predicted molar refractivity (Wildman–Crippen MR) is 52.3 cm³/mol. The summed E-state index contributed by atoms with van der Waals surface area (Å²) in [5.41, 5.74) is 0. The number of esters is 1. The van der Waals surface area contributed by atoms with Crippen LogP contribution in [0.5, 0.6) is 0 Å². The maximum atomic E-state index is 11.4. The molecular formula is C10H16O5. The van der Waals surface area contributed by atoms with Gasteiger partial charge in [0.15, 0.2) is 0 Å². The molecule has 0 aromatic rings. The van der Waals surface area contributed by atoms with Crippen molar-refractivity contribution in [3.05, 3.63) is 0 Å². The van der Waals surface area contributed by atoms with E-state index < -0.39 is 23.6 Å². The van der Waals surface area contributed by atoms with Crippen molar-refractivity contribution in [3.8, 4) is 0 Å². The van der Waals surface area contributed by atoms with Crippen molar-refractivity contribution in [2.45, 2.75) is 39.7 Å². The minimum Gasteiger partial charge on any atom is -0.475 e. The lowest BCUT2D eigenvalue weighted by molar-refractivity contribution is -0.162. The van der Waals surface area contributed by atoms with E-state index in [1.54, 1.807) is 13.8 Å². The van der Waals surface area contributed by atoms with Gasteiger partial charge in [-0.05, 0) is 19.8 Å². The van der Waals surface area contributed by atoms with E-state index in [0.717, 1.165) is 0 Å². The number of carbonyl (C=O) groups is 3. The summed E-state index contributed by atoms with van der Waals surface area (Å²) >= 11 is 0. The monoisotopic (exact) mass is 216 g/mol. The third kappa shape index (κ3) is 4.10. The highest BCUT2D eigenvalue weighted by Crippen LogP contribution is 2.10. The third-order valence-corrected chi connectivity index (χ3v) is 2.11. The van der Waals surface area contributed by atoms with Gasteiger partial charge in [-0.3, -0.25) is 9.59 Å². The molecule has 0 rings (SSSR count). The second kappa shape index (κ2) is 6.16. The normalized spacial score (nSPS) is 14.1. The first kappa shape index (κ1) is 13.6. The molecule has 5 heteroatoms. The molecule has 1 N–H and O–H groups in total. The van der Waals surface area contributed by atoms with E-state index in [9.17, 15) is 14.4 Å². The van der Waals surface area contributed by atoms with Gasteiger partial charge in [0.05, 0.1) is 6.10 Å². The summed E-state index contributed by atoms with van der Waals surface area (Å²) in [5.74, 6) is -4.63. The lowest BCUT2D eigenvalue weighted by atomic mass is 10.0. The van der Waals surface area contributed by atoms with Crippen LogP contribution in [-0.2, 0) is 19.1 Å². The van der Waals surface area contributed by atoms with Crippen LogP contribution >= 0.6 is 0 Å². The van der Waals surface area contributed by atoms with Crippen molar-refractivity contribution < 1.29 is 24.2 Å². The predicted octanol–water partition coefficient (Wildman–Crippen LogP) is 1.01. The van der Waals surface area contributed by atoms with Crippen molar-refractivity contribution in [2.24, 2.45) is 5.92 Å². The van der Waals surface area contributed by atoms with E-state index in [1.165, 1.54) is 0 Å². The van der Waals surface area contributed by atoms with Gasteiger partial charge in [0.2, 0.25) is 0 Å². The molecule has 0 radical (unpaired) electrons. The van der Waals surface area contributed by atoms with Gasteiger partial charge in [0.1, 0.15) is 5.92 Å². The summed E-state index contributed by atoms with van der Waals surface area (Å²) in [6.45, 7) is 5.09. The Morgan fingerprint density at radius 2 is 1.73 bits per heavy atom. The van der Waals surface area contributed by atoms with Gasteiger partial charge in [-0.1, -0.05) is 13.8 Å². The Bertz CT molecular complexity index is 259. The highest BCUT2D eigenvalue weighted by Gasteiger charge is 2.31. The Labute approximate surface area is 88.4 Å². The SMILES string of the molecule is CCC(C)OC(=O)C(CC)C(=O)C(=O)O. The quantitative estimate of drug-likeness (QED) is 0.407. The minimum absolute atomic E-state index is 0.139. The summed E-state index contributed by atoms with van der Waals surface area (Å²) in [6.07, 6.45) is 0.470. The van der Waals surface area contributed by atoms with Crippen LogP contribution in [0.4, 0.5) is 0 Å². The number of rotatable bonds is 6. The zero-order valence-corrected chi connectivity index (χ0v) is 9.15. The molecule has 0 amide bonds. The molecule has 0 aliphatic carbocycles. The van der Waals surface area contributed by atoms with Crippen LogP contribution < -0.4 is 0 Å². The lowest BCUT2D eigenvalue weighted by Crippen LogP contribution is -2.32. The van der Waals surface area contributed by atoms with Crippen LogP contribution in [0.15, 0.2) is 0 Å². The number of ketones is 1. The molecule has 0 aliphatic heterocycles. The first-order chi connectivity index (χ1) is 6.93. The molecule has 15 heavy (non-hydrogen) atoms. The average molecular weight is 216 g/mol. The van der Waals surface area contributed by atoms with Crippen molar-refractivity contribution in [1.29, 1.82) is 0 Å². The maximum Gasteiger partial charge on any atom is 0.373 e. The fourth-order valence-corrected chi connectivity index (χ4v) is 0.972. The molecule has 0 aromatic heterocycles. The Hall–Kier alpha value is -1.39. The van der Waals surface area contributed by atoms with Crippen molar-refractivity contribution >= 4 is 17.7 Å². The van der Waals surface area contributed by atoms with Crippen LogP contribution in [0.1, 0.15) is 33.6 Å². The van der Waals surface area contributed by atoms with Crippen LogP contribution in [0, 0.1) is 5.92 Å². The van der Waals surface area contributed by atoms with Gasteiger partial charge in [-0.25, -0.2) is 4.79 Å². The molecular weight excluding hydrogens is 200 g/mol. The summed E-state index contributed by atoms with van der Waals surface area (Å²) in [5, 5.41) is 8.47. The molecule has 0 saturated carbocycles. The van der Waals surface area contributed by atoms with E-state index in [1.807, 2.05) is 6.92 Å². The topological polar surface area (TPSA) is 80.7 Å². The molecule has 2 atom stereocenters. The Kier molecular flexibility index (Phi) is 5.59. The molecule has 0 spiro atoms. The zero-order chi connectivity index (χ0) is 12.0. The first-order valence-corrected chi connectivity index (χ1v) is 4.91. The Balaban J connectivity index is 4.48. The number of carbonyl (C=O) groups excluding carboxylic acids is 2. The largest absolute Gasteiger partial charge is 0.475 e. The molecule has 2 unspecified atom stereocenters.